The van der Waals surface area contributed by atoms with Crippen molar-refractivity contribution < 1.29 is 23.8 Å². The summed E-state index contributed by atoms with van der Waals surface area (Å²) in [7, 11) is 3.75. The van der Waals surface area contributed by atoms with Crippen LogP contribution in [0.5, 0.6) is 11.5 Å². The van der Waals surface area contributed by atoms with Crippen molar-refractivity contribution in [3.8, 4) is 11.5 Å². The Hall–Kier alpha value is -4.15. The number of methoxy groups -OCH3 is 1. The van der Waals surface area contributed by atoms with Crippen molar-refractivity contribution in [1.82, 2.24) is 20.1 Å². The van der Waals surface area contributed by atoms with E-state index in [9.17, 15) is 9.59 Å². The first-order chi connectivity index (χ1) is 23.7. The van der Waals surface area contributed by atoms with Gasteiger partial charge in [0.05, 0.1) is 32.8 Å². The monoisotopic (exact) mass is 671 g/mol. The van der Waals surface area contributed by atoms with E-state index < -0.39 is 0 Å². The Morgan fingerprint density at radius 2 is 1.90 bits per heavy atom. The second-order valence-corrected chi connectivity index (χ2v) is 13.8. The summed E-state index contributed by atoms with van der Waals surface area (Å²) >= 11 is 0. The van der Waals surface area contributed by atoms with Crippen LogP contribution in [-0.2, 0) is 29.1 Å². The number of rotatable bonds is 12. The van der Waals surface area contributed by atoms with Gasteiger partial charge in [-0.25, -0.2) is 4.79 Å². The summed E-state index contributed by atoms with van der Waals surface area (Å²) in [6, 6.07) is 15.3. The SMILES string of the molecule is COc1ccc(COCC(C)N2C[C@@H](C)[C@H](CN(C)Cc3ccncc3C)Oc3ccc(NC(=O)NC4CCCCC4)cc3CC2=O)cc1. The Bertz CT molecular complexity index is 1530. The molecule has 1 aromatic heterocycles. The number of ether oxygens (including phenoxy) is 3. The lowest BCUT2D eigenvalue weighted by Crippen LogP contribution is -2.47. The van der Waals surface area contributed by atoms with Gasteiger partial charge >= 0.3 is 6.03 Å². The van der Waals surface area contributed by atoms with Crippen LogP contribution in [0.2, 0.25) is 0 Å². The lowest BCUT2D eigenvalue weighted by molar-refractivity contribution is -0.134. The summed E-state index contributed by atoms with van der Waals surface area (Å²) in [6.07, 6.45) is 9.20. The summed E-state index contributed by atoms with van der Waals surface area (Å²) in [5, 5.41) is 6.12. The van der Waals surface area contributed by atoms with Crippen LogP contribution in [0, 0.1) is 12.8 Å². The first-order valence-electron chi connectivity index (χ1n) is 17.6. The van der Waals surface area contributed by atoms with Crippen LogP contribution in [-0.4, -0.2) is 78.8 Å². The minimum Gasteiger partial charge on any atom is -0.497 e. The number of aromatic nitrogens is 1. The number of carbonyl (C=O) groups excluding carboxylic acids is 2. The number of nitrogens with one attached hydrogen (secondary N) is 2. The lowest BCUT2D eigenvalue weighted by Gasteiger charge is -2.34. The lowest BCUT2D eigenvalue weighted by atomic mass is 9.96. The Morgan fingerprint density at radius 3 is 2.63 bits per heavy atom. The molecule has 10 nitrogen and oxygen atoms in total. The van der Waals surface area contributed by atoms with Crippen molar-refractivity contribution in [2.24, 2.45) is 5.92 Å². The van der Waals surface area contributed by atoms with Crippen LogP contribution < -0.4 is 20.1 Å². The van der Waals surface area contributed by atoms with Crippen LogP contribution in [0.15, 0.2) is 60.9 Å². The molecule has 0 saturated heterocycles. The average Bonchev–Trinajstić information content (AvgIpc) is 3.13. The van der Waals surface area contributed by atoms with Gasteiger partial charge in [0.1, 0.15) is 17.6 Å². The van der Waals surface area contributed by atoms with E-state index in [2.05, 4.69) is 47.5 Å². The predicted octanol–water partition coefficient (Wildman–Crippen LogP) is 6.36. The van der Waals surface area contributed by atoms with E-state index in [0.29, 0.717) is 37.7 Å². The Labute approximate surface area is 291 Å². The highest BCUT2D eigenvalue weighted by Gasteiger charge is 2.31. The molecule has 1 aliphatic heterocycles. The number of amides is 3. The van der Waals surface area contributed by atoms with E-state index in [0.717, 1.165) is 54.7 Å². The largest absolute Gasteiger partial charge is 0.497 e. The zero-order valence-corrected chi connectivity index (χ0v) is 29.7. The smallest absolute Gasteiger partial charge is 0.319 e. The molecule has 3 aromatic rings. The molecule has 2 aromatic carbocycles. The van der Waals surface area contributed by atoms with Crippen LogP contribution in [0.4, 0.5) is 10.5 Å². The number of benzene rings is 2. The van der Waals surface area contributed by atoms with E-state index >= 15 is 0 Å². The van der Waals surface area contributed by atoms with Crippen molar-refractivity contribution in [2.75, 3.05) is 39.2 Å². The molecule has 1 saturated carbocycles. The Morgan fingerprint density at radius 1 is 1.12 bits per heavy atom. The van der Waals surface area contributed by atoms with Crippen molar-refractivity contribution in [1.29, 1.82) is 0 Å². The third-order valence-electron chi connectivity index (χ3n) is 9.71. The number of fused-ring (bicyclic) bond motifs is 1. The van der Waals surface area contributed by atoms with Gasteiger partial charge in [0.2, 0.25) is 5.91 Å². The highest BCUT2D eigenvalue weighted by atomic mass is 16.5. The molecule has 2 aliphatic rings. The molecule has 264 valence electrons. The number of nitrogens with zero attached hydrogens (tertiary/aromatic N) is 3. The van der Waals surface area contributed by atoms with Gasteiger partial charge in [-0.3, -0.25) is 14.7 Å². The minimum atomic E-state index is -0.217. The van der Waals surface area contributed by atoms with Gasteiger partial charge in [0, 0.05) is 55.2 Å². The highest BCUT2D eigenvalue weighted by molar-refractivity contribution is 5.90. The molecule has 1 unspecified atom stereocenters. The van der Waals surface area contributed by atoms with E-state index in [1.807, 2.05) is 66.7 Å². The zero-order chi connectivity index (χ0) is 34.8. The summed E-state index contributed by atoms with van der Waals surface area (Å²) < 4.78 is 18.2. The molecule has 49 heavy (non-hydrogen) atoms. The number of hydrogen-bond acceptors (Lipinski definition) is 7. The molecule has 0 radical (unpaired) electrons. The Balaban J connectivity index is 1.33. The number of urea groups is 1. The van der Waals surface area contributed by atoms with Gasteiger partial charge in [-0.05, 0) is 86.8 Å². The van der Waals surface area contributed by atoms with Gasteiger partial charge in [-0.1, -0.05) is 38.3 Å². The quantitative estimate of drug-likeness (QED) is 0.231. The second kappa shape index (κ2) is 17.5. The fourth-order valence-corrected chi connectivity index (χ4v) is 6.73. The minimum absolute atomic E-state index is 0.00229. The van der Waals surface area contributed by atoms with Gasteiger partial charge in [0.15, 0.2) is 0 Å². The molecule has 1 fully saturated rings. The molecule has 3 atom stereocenters. The number of likely N-dealkylation sites (N-methyl/N-ethyl adjacent to an activating group) is 1. The molecule has 3 amide bonds. The normalized spacial score (nSPS) is 19.2. The maximum absolute atomic E-state index is 14.1. The van der Waals surface area contributed by atoms with Crippen molar-refractivity contribution in [3.05, 3.63) is 83.2 Å². The van der Waals surface area contributed by atoms with E-state index in [4.69, 9.17) is 14.2 Å². The molecule has 10 heteroatoms. The van der Waals surface area contributed by atoms with Crippen molar-refractivity contribution in [2.45, 2.75) is 90.6 Å². The number of carbonyl (C=O) groups is 2. The maximum Gasteiger partial charge on any atom is 0.319 e. The van der Waals surface area contributed by atoms with E-state index in [-0.39, 0.29) is 42.5 Å². The molecule has 1 aliphatic carbocycles. The van der Waals surface area contributed by atoms with Crippen molar-refractivity contribution in [3.63, 3.8) is 0 Å². The predicted molar refractivity (Wildman–Crippen MR) is 192 cm³/mol. The molecule has 0 spiro atoms. The van der Waals surface area contributed by atoms with Crippen LogP contribution in [0.3, 0.4) is 0 Å². The van der Waals surface area contributed by atoms with Crippen molar-refractivity contribution >= 4 is 17.6 Å². The number of hydrogen-bond donors (Lipinski definition) is 2. The van der Waals surface area contributed by atoms with Crippen LogP contribution >= 0.6 is 0 Å². The van der Waals surface area contributed by atoms with Crippen LogP contribution in [0.25, 0.3) is 0 Å². The molecular formula is C39H53N5O5. The second-order valence-electron chi connectivity index (χ2n) is 13.8. The molecule has 0 bridgehead atoms. The molecule has 2 heterocycles. The van der Waals surface area contributed by atoms with E-state index in [1.54, 1.807) is 7.11 Å². The molecule has 2 N–H and O–H groups in total. The van der Waals surface area contributed by atoms with Crippen LogP contribution in [0.1, 0.15) is 68.2 Å². The first kappa shape index (κ1) is 36.1. The average molecular weight is 672 g/mol. The van der Waals surface area contributed by atoms with E-state index in [1.165, 1.54) is 12.0 Å². The summed E-state index contributed by atoms with van der Waals surface area (Å²) in [5.41, 5.74) is 4.80. The highest BCUT2D eigenvalue weighted by Crippen LogP contribution is 2.30. The third kappa shape index (κ3) is 10.4. The van der Waals surface area contributed by atoms with Gasteiger partial charge < -0.3 is 29.7 Å². The topological polar surface area (TPSA) is 105 Å². The molecule has 5 rings (SSSR count). The van der Waals surface area contributed by atoms with Gasteiger partial charge in [-0.2, -0.15) is 0 Å². The number of anilines is 1. The standard InChI is InChI=1S/C39H53N5O5/c1-27-21-40-18-17-31(27)23-43(4)24-37-28(2)22-44(29(3)25-48-26-30-11-14-35(47-5)15-12-30)38(45)20-32-19-34(13-16-36(32)49-37)42-39(46)41-33-9-7-6-8-10-33/h11-19,21,28-29,33,37H,6-10,20,22-26H2,1-5H3,(H2,41,42,46)/t28-,29?,37+/m1/s1. The summed E-state index contributed by atoms with van der Waals surface area (Å²) in [5.74, 6) is 1.50. The number of pyridine rings is 1. The van der Waals surface area contributed by atoms with Gasteiger partial charge in [0.25, 0.3) is 0 Å². The Kier molecular flexibility index (Phi) is 12.9. The fraction of sp³-hybridized carbons (Fsp3) is 0.513. The van der Waals surface area contributed by atoms with Gasteiger partial charge in [-0.15, -0.1) is 0 Å². The third-order valence-corrected chi connectivity index (χ3v) is 9.71. The maximum atomic E-state index is 14.1. The number of aryl methyl sites for hydroxylation is 1. The fourth-order valence-electron chi connectivity index (χ4n) is 6.73. The summed E-state index contributed by atoms with van der Waals surface area (Å²) in [4.78, 5) is 35.4. The molecular weight excluding hydrogens is 618 g/mol. The summed E-state index contributed by atoms with van der Waals surface area (Å²) in [6.45, 7) is 9.05. The zero-order valence-electron chi connectivity index (χ0n) is 29.7. The first-order valence-corrected chi connectivity index (χ1v) is 17.6.